The van der Waals surface area contributed by atoms with Gasteiger partial charge < -0.3 is 19.5 Å². The van der Waals surface area contributed by atoms with E-state index < -0.39 is 12.1 Å². The molecule has 1 amide bonds. The van der Waals surface area contributed by atoms with E-state index in [1.165, 1.54) is 0 Å². The average molecular weight is 349 g/mol. The molecule has 6 nitrogen and oxygen atoms in total. The Hall–Kier alpha value is -2.24. The quantitative estimate of drug-likeness (QED) is 0.766. The van der Waals surface area contributed by atoms with Gasteiger partial charge in [0.25, 0.3) is 5.91 Å². The van der Waals surface area contributed by atoms with E-state index in [0.29, 0.717) is 11.5 Å². The number of benzene rings is 1. The van der Waals surface area contributed by atoms with Crippen molar-refractivity contribution in [1.29, 1.82) is 0 Å². The highest BCUT2D eigenvalue weighted by Crippen LogP contribution is 2.23. The van der Waals surface area contributed by atoms with Gasteiger partial charge in [0.15, 0.2) is 12.7 Å². The number of esters is 1. The number of ether oxygens (including phenoxy) is 3. The van der Waals surface area contributed by atoms with Crippen LogP contribution in [0.15, 0.2) is 24.3 Å². The number of carbonyl (C=O) groups excluding carboxylic acids is 2. The number of nitrogens with one attached hydrogen (secondary N) is 1. The van der Waals surface area contributed by atoms with Crippen molar-refractivity contribution in [3.05, 3.63) is 24.3 Å². The highest BCUT2D eigenvalue weighted by molar-refractivity contribution is 5.82. The SMILES string of the molecule is COc1ccc(OC(C)C(=O)OCC(=O)NC2CCC(C)CC2)cc1. The van der Waals surface area contributed by atoms with Crippen LogP contribution in [0.3, 0.4) is 0 Å². The molecule has 1 atom stereocenters. The lowest BCUT2D eigenvalue weighted by Gasteiger charge is -2.26. The van der Waals surface area contributed by atoms with Crippen molar-refractivity contribution < 1.29 is 23.8 Å². The molecule has 25 heavy (non-hydrogen) atoms. The van der Waals surface area contributed by atoms with Gasteiger partial charge in [-0.1, -0.05) is 6.92 Å². The zero-order valence-corrected chi connectivity index (χ0v) is 15.1. The minimum Gasteiger partial charge on any atom is -0.497 e. The molecule has 6 heteroatoms. The topological polar surface area (TPSA) is 73.9 Å². The molecule has 1 aromatic rings. The lowest BCUT2D eigenvalue weighted by atomic mass is 9.87. The normalized spacial score (nSPS) is 21.1. The van der Waals surface area contributed by atoms with E-state index in [0.717, 1.165) is 31.6 Å². The third-order valence-corrected chi connectivity index (χ3v) is 4.43. The number of hydrogen-bond donors (Lipinski definition) is 1. The van der Waals surface area contributed by atoms with Crippen molar-refractivity contribution in [1.82, 2.24) is 5.32 Å². The summed E-state index contributed by atoms with van der Waals surface area (Å²) in [5.74, 6) is 1.14. The molecule has 1 unspecified atom stereocenters. The van der Waals surface area contributed by atoms with E-state index >= 15 is 0 Å². The molecule has 138 valence electrons. The summed E-state index contributed by atoms with van der Waals surface area (Å²) in [7, 11) is 1.58. The van der Waals surface area contributed by atoms with Crippen molar-refractivity contribution in [2.75, 3.05) is 13.7 Å². The smallest absolute Gasteiger partial charge is 0.347 e. The largest absolute Gasteiger partial charge is 0.497 e. The van der Waals surface area contributed by atoms with Crippen molar-refractivity contribution in [2.45, 2.75) is 51.7 Å². The summed E-state index contributed by atoms with van der Waals surface area (Å²) in [5, 5.41) is 2.93. The van der Waals surface area contributed by atoms with Gasteiger partial charge in [-0.15, -0.1) is 0 Å². The second-order valence-electron chi connectivity index (χ2n) is 6.57. The molecule has 1 saturated carbocycles. The predicted molar refractivity (Wildman–Crippen MR) is 93.6 cm³/mol. The minimum absolute atomic E-state index is 0.190. The van der Waals surface area contributed by atoms with Gasteiger partial charge in [0.05, 0.1) is 7.11 Å². The number of hydrogen-bond acceptors (Lipinski definition) is 5. The van der Waals surface area contributed by atoms with Crippen LogP contribution in [-0.4, -0.2) is 37.7 Å². The van der Waals surface area contributed by atoms with Gasteiger partial charge in [0.2, 0.25) is 0 Å². The van der Waals surface area contributed by atoms with Crippen LogP contribution < -0.4 is 14.8 Å². The summed E-state index contributed by atoms with van der Waals surface area (Å²) in [6, 6.07) is 7.09. The Morgan fingerprint density at radius 2 is 1.72 bits per heavy atom. The first-order valence-electron chi connectivity index (χ1n) is 8.74. The molecular weight excluding hydrogens is 322 g/mol. The van der Waals surface area contributed by atoms with Gasteiger partial charge in [-0.2, -0.15) is 0 Å². The van der Waals surface area contributed by atoms with Gasteiger partial charge in [-0.25, -0.2) is 4.79 Å². The fourth-order valence-electron chi connectivity index (χ4n) is 2.83. The Kier molecular flexibility index (Phi) is 7.10. The van der Waals surface area contributed by atoms with E-state index in [1.54, 1.807) is 38.3 Å². The molecule has 0 spiro atoms. The Balaban J connectivity index is 1.70. The molecule has 0 radical (unpaired) electrons. The summed E-state index contributed by atoms with van der Waals surface area (Å²) in [5.41, 5.74) is 0. The van der Waals surface area contributed by atoms with Crippen LogP contribution in [0.4, 0.5) is 0 Å². The number of rotatable bonds is 7. The molecule has 0 aliphatic heterocycles. The summed E-state index contributed by atoms with van der Waals surface area (Å²) < 4.78 is 15.6. The molecular formula is C19H27NO5. The maximum atomic E-state index is 12.0. The molecule has 1 aromatic carbocycles. The fraction of sp³-hybridized carbons (Fsp3) is 0.579. The monoisotopic (exact) mass is 349 g/mol. The van der Waals surface area contributed by atoms with Gasteiger partial charge >= 0.3 is 5.97 Å². The highest BCUT2D eigenvalue weighted by Gasteiger charge is 2.21. The summed E-state index contributed by atoms with van der Waals surface area (Å²) in [6.45, 7) is 3.54. The first-order chi connectivity index (χ1) is 12.0. The summed E-state index contributed by atoms with van der Waals surface area (Å²) in [6.07, 6.45) is 3.42. The van der Waals surface area contributed by atoms with Gasteiger partial charge in [0, 0.05) is 6.04 Å². The van der Waals surface area contributed by atoms with Gasteiger partial charge in [-0.3, -0.25) is 4.79 Å². The van der Waals surface area contributed by atoms with E-state index in [-0.39, 0.29) is 18.6 Å². The van der Waals surface area contributed by atoms with E-state index in [9.17, 15) is 9.59 Å². The minimum atomic E-state index is -0.795. The number of methoxy groups -OCH3 is 1. The molecule has 0 aromatic heterocycles. The first-order valence-corrected chi connectivity index (χ1v) is 8.74. The summed E-state index contributed by atoms with van der Waals surface area (Å²) in [4.78, 5) is 23.9. The third-order valence-electron chi connectivity index (χ3n) is 4.43. The van der Waals surface area contributed by atoms with E-state index in [1.807, 2.05) is 0 Å². The standard InChI is InChI=1S/C19H27NO5/c1-13-4-6-15(7-5-13)20-18(21)12-24-19(22)14(2)25-17-10-8-16(23-3)9-11-17/h8-11,13-15H,4-7,12H2,1-3H3,(H,20,21). The summed E-state index contributed by atoms with van der Waals surface area (Å²) >= 11 is 0. The molecule has 1 N–H and O–H groups in total. The zero-order chi connectivity index (χ0) is 18.2. The Morgan fingerprint density at radius 3 is 2.32 bits per heavy atom. The Morgan fingerprint density at radius 1 is 1.12 bits per heavy atom. The molecule has 1 aliphatic carbocycles. The first kappa shape index (κ1) is 19.1. The van der Waals surface area contributed by atoms with E-state index in [4.69, 9.17) is 14.2 Å². The number of amides is 1. The lowest BCUT2D eigenvalue weighted by Crippen LogP contribution is -2.40. The maximum absolute atomic E-state index is 12.0. The average Bonchev–Trinajstić information content (AvgIpc) is 2.62. The fourth-order valence-corrected chi connectivity index (χ4v) is 2.83. The third kappa shape index (κ3) is 6.29. The van der Waals surface area contributed by atoms with E-state index in [2.05, 4.69) is 12.2 Å². The highest BCUT2D eigenvalue weighted by atomic mass is 16.6. The maximum Gasteiger partial charge on any atom is 0.347 e. The van der Waals surface area contributed by atoms with Crippen LogP contribution in [0.2, 0.25) is 0 Å². The molecule has 0 saturated heterocycles. The molecule has 2 rings (SSSR count). The molecule has 1 aliphatic rings. The van der Waals surface area contributed by atoms with Crippen LogP contribution in [-0.2, 0) is 14.3 Å². The van der Waals surface area contributed by atoms with Crippen LogP contribution >= 0.6 is 0 Å². The zero-order valence-electron chi connectivity index (χ0n) is 15.1. The Labute approximate surface area is 148 Å². The Bertz CT molecular complexity index is 564. The lowest BCUT2D eigenvalue weighted by molar-refractivity contribution is -0.154. The molecule has 0 heterocycles. The second-order valence-corrected chi connectivity index (χ2v) is 6.57. The van der Waals surface area contributed by atoms with Crippen LogP contribution in [0, 0.1) is 5.92 Å². The van der Waals surface area contributed by atoms with Crippen molar-refractivity contribution >= 4 is 11.9 Å². The molecule has 1 fully saturated rings. The van der Waals surface area contributed by atoms with Crippen molar-refractivity contribution in [3.63, 3.8) is 0 Å². The van der Waals surface area contributed by atoms with Crippen LogP contribution in [0.1, 0.15) is 39.5 Å². The van der Waals surface area contributed by atoms with Crippen molar-refractivity contribution in [3.8, 4) is 11.5 Å². The van der Waals surface area contributed by atoms with Gasteiger partial charge in [0.1, 0.15) is 11.5 Å². The molecule has 0 bridgehead atoms. The number of carbonyl (C=O) groups is 2. The van der Waals surface area contributed by atoms with Crippen LogP contribution in [0.25, 0.3) is 0 Å². The predicted octanol–water partition coefficient (Wildman–Crippen LogP) is 2.70. The van der Waals surface area contributed by atoms with Gasteiger partial charge in [-0.05, 0) is 62.8 Å². The van der Waals surface area contributed by atoms with Crippen molar-refractivity contribution in [2.24, 2.45) is 5.92 Å². The van der Waals surface area contributed by atoms with Crippen LogP contribution in [0.5, 0.6) is 11.5 Å². The second kappa shape index (κ2) is 9.30.